The molecule has 1 aromatic rings. The predicted molar refractivity (Wildman–Crippen MR) is 64.2 cm³/mol. The van der Waals surface area contributed by atoms with E-state index in [0.29, 0.717) is 13.0 Å². The molecular formula is C10H12ClN3O4. The molecule has 98 valence electrons. The summed E-state index contributed by atoms with van der Waals surface area (Å²) in [5.74, 6) is -0.615. The van der Waals surface area contributed by atoms with E-state index in [0.717, 1.165) is 5.06 Å². The maximum Gasteiger partial charge on any atom is 0.319 e. The Hall–Kier alpha value is -1.73. The van der Waals surface area contributed by atoms with Gasteiger partial charge in [-0.2, -0.15) is 0 Å². The first-order chi connectivity index (χ1) is 8.52. The van der Waals surface area contributed by atoms with Gasteiger partial charge in [-0.1, -0.05) is 18.5 Å². The van der Waals surface area contributed by atoms with Crippen molar-refractivity contribution in [2.24, 2.45) is 0 Å². The maximum absolute atomic E-state index is 12.1. The van der Waals surface area contributed by atoms with Gasteiger partial charge >= 0.3 is 5.69 Å². The van der Waals surface area contributed by atoms with E-state index >= 15 is 0 Å². The zero-order chi connectivity index (χ0) is 13.7. The van der Waals surface area contributed by atoms with Gasteiger partial charge in [-0.25, -0.2) is 10.0 Å². The number of pyridine rings is 1. The first kappa shape index (κ1) is 14.3. The second-order valence-corrected chi connectivity index (χ2v) is 3.70. The second-order valence-electron chi connectivity index (χ2n) is 3.34. The van der Waals surface area contributed by atoms with Crippen molar-refractivity contribution in [3.63, 3.8) is 0 Å². The van der Waals surface area contributed by atoms with Crippen LogP contribution in [-0.2, 0) is 4.84 Å². The molecule has 0 unspecified atom stereocenters. The molecule has 0 aliphatic carbocycles. The lowest BCUT2D eigenvalue weighted by Gasteiger charge is -2.18. The van der Waals surface area contributed by atoms with Gasteiger partial charge in [-0.05, 0) is 12.5 Å². The standard InChI is InChI=1S/C10H12ClN3O4/c1-3-6-13(18-2)10(15)7-4-5-12-9(11)8(7)14(16)17/h4-5H,3,6H2,1-2H3. The molecule has 0 bridgehead atoms. The normalized spacial score (nSPS) is 10.2. The molecule has 0 radical (unpaired) electrons. The number of hydrogen-bond donors (Lipinski definition) is 0. The molecule has 0 aromatic carbocycles. The molecule has 1 amide bonds. The fraction of sp³-hybridized carbons (Fsp3) is 0.400. The summed E-state index contributed by atoms with van der Waals surface area (Å²) in [5.41, 5.74) is -0.655. The molecule has 0 aliphatic heterocycles. The van der Waals surface area contributed by atoms with Crippen LogP contribution in [0.3, 0.4) is 0 Å². The number of hydroxylamine groups is 2. The Kier molecular flexibility index (Phi) is 4.99. The quantitative estimate of drug-likeness (QED) is 0.466. The summed E-state index contributed by atoms with van der Waals surface area (Å²) < 4.78 is 0. The summed E-state index contributed by atoms with van der Waals surface area (Å²) in [7, 11) is 1.32. The van der Waals surface area contributed by atoms with E-state index in [9.17, 15) is 14.9 Å². The Morgan fingerprint density at radius 3 is 2.83 bits per heavy atom. The highest BCUT2D eigenvalue weighted by Gasteiger charge is 2.28. The largest absolute Gasteiger partial charge is 0.319 e. The molecule has 0 atom stereocenters. The molecule has 0 aliphatic rings. The van der Waals surface area contributed by atoms with E-state index in [1.165, 1.54) is 19.4 Å². The SMILES string of the molecule is CCCN(OC)C(=O)c1ccnc(Cl)c1[N+](=O)[O-]. The fourth-order valence-electron chi connectivity index (χ4n) is 1.39. The minimum Gasteiger partial charge on any atom is -0.274 e. The van der Waals surface area contributed by atoms with Crippen molar-refractivity contribution in [1.82, 2.24) is 10.0 Å². The lowest BCUT2D eigenvalue weighted by atomic mass is 10.2. The molecule has 0 saturated carbocycles. The summed E-state index contributed by atoms with van der Waals surface area (Å²) >= 11 is 5.63. The Bertz CT molecular complexity index is 466. The molecule has 1 aromatic heterocycles. The van der Waals surface area contributed by atoms with Crippen molar-refractivity contribution in [3.8, 4) is 0 Å². The summed E-state index contributed by atoms with van der Waals surface area (Å²) in [6.45, 7) is 2.18. The number of amides is 1. The average molecular weight is 274 g/mol. The van der Waals surface area contributed by atoms with Crippen LogP contribution in [0.15, 0.2) is 12.3 Å². The van der Waals surface area contributed by atoms with E-state index in [1.54, 1.807) is 0 Å². The number of rotatable bonds is 5. The first-order valence-corrected chi connectivity index (χ1v) is 5.55. The number of nitro groups is 1. The lowest BCUT2D eigenvalue weighted by Crippen LogP contribution is -2.31. The third kappa shape index (κ3) is 2.93. The molecular weight excluding hydrogens is 262 g/mol. The van der Waals surface area contributed by atoms with Crippen LogP contribution in [-0.4, -0.2) is 34.5 Å². The molecule has 0 saturated heterocycles. The van der Waals surface area contributed by atoms with E-state index in [2.05, 4.69) is 4.98 Å². The average Bonchev–Trinajstić information content (AvgIpc) is 2.34. The Balaban J connectivity index is 3.20. The number of aromatic nitrogens is 1. The van der Waals surface area contributed by atoms with Crippen LogP contribution in [0.1, 0.15) is 23.7 Å². The van der Waals surface area contributed by atoms with Crippen molar-refractivity contribution in [1.29, 1.82) is 0 Å². The Labute approximate surface area is 108 Å². The van der Waals surface area contributed by atoms with E-state index in [1.807, 2.05) is 6.92 Å². The van der Waals surface area contributed by atoms with Crippen molar-refractivity contribution in [2.75, 3.05) is 13.7 Å². The fourth-order valence-corrected chi connectivity index (χ4v) is 1.62. The summed E-state index contributed by atoms with van der Waals surface area (Å²) in [4.78, 5) is 30.7. The molecule has 0 N–H and O–H groups in total. The summed E-state index contributed by atoms with van der Waals surface area (Å²) in [6, 6.07) is 1.24. The van der Waals surface area contributed by atoms with Gasteiger partial charge in [0.2, 0.25) is 5.15 Å². The van der Waals surface area contributed by atoms with Crippen LogP contribution in [0.4, 0.5) is 5.69 Å². The monoisotopic (exact) mass is 273 g/mol. The Morgan fingerprint density at radius 1 is 1.67 bits per heavy atom. The number of hydrogen-bond acceptors (Lipinski definition) is 5. The smallest absolute Gasteiger partial charge is 0.274 e. The highest BCUT2D eigenvalue weighted by molar-refractivity contribution is 6.32. The van der Waals surface area contributed by atoms with Gasteiger partial charge in [0, 0.05) is 12.7 Å². The van der Waals surface area contributed by atoms with Gasteiger partial charge in [0.15, 0.2) is 0 Å². The van der Waals surface area contributed by atoms with Crippen LogP contribution in [0.25, 0.3) is 0 Å². The van der Waals surface area contributed by atoms with Crippen molar-refractivity contribution >= 4 is 23.2 Å². The van der Waals surface area contributed by atoms with Crippen LogP contribution >= 0.6 is 11.6 Å². The third-order valence-corrected chi connectivity index (χ3v) is 2.44. The van der Waals surface area contributed by atoms with Crippen molar-refractivity contribution < 1.29 is 14.6 Å². The summed E-state index contributed by atoms with van der Waals surface area (Å²) in [5, 5.41) is 11.6. The van der Waals surface area contributed by atoms with Crippen molar-refractivity contribution in [2.45, 2.75) is 13.3 Å². The summed E-state index contributed by atoms with van der Waals surface area (Å²) in [6.07, 6.45) is 1.90. The zero-order valence-corrected chi connectivity index (χ0v) is 10.7. The highest BCUT2D eigenvalue weighted by atomic mass is 35.5. The minimum absolute atomic E-state index is 0.143. The molecule has 18 heavy (non-hydrogen) atoms. The number of carbonyl (C=O) groups excluding carboxylic acids is 1. The number of nitrogens with zero attached hydrogens (tertiary/aromatic N) is 3. The molecule has 1 heterocycles. The molecule has 0 spiro atoms. The highest BCUT2D eigenvalue weighted by Crippen LogP contribution is 2.27. The molecule has 7 nitrogen and oxygen atoms in total. The second kappa shape index (κ2) is 6.27. The van der Waals surface area contributed by atoms with Gasteiger partial charge in [0.05, 0.1) is 12.0 Å². The third-order valence-electron chi connectivity index (χ3n) is 2.17. The van der Waals surface area contributed by atoms with Gasteiger partial charge in [0.1, 0.15) is 5.56 Å². The van der Waals surface area contributed by atoms with Crippen LogP contribution < -0.4 is 0 Å². The minimum atomic E-state index is -0.734. The lowest BCUT2D eigenvalue weighted by molar-refractivity contribution is -0.385. The molecule has 0 fully saturated rings. The number of carbonyl (C=O) groups is 1. The predicted octanol–water partition coefficient (Wildman–Crippen LogP) is 2.06. The number of halogens is 1. The van der Waals surface area contributed by atoms with Gasteiger partial charge in [0.25, 0.3) is 5.91 Å². The van der Waals surface area contributed by atoms with E-state index < -0.39 is 16.5 Å². The topological polar surface area (TPSA) is 85.6 Å². The maximum atomic E-state index is 12.1. The Morgan fingerprint density at radius 2 is 2.33 bits per heavy atom. The first-order valence-electron chi connectivity index (χ1n) is 5.17. The van der Waals surface area contributed by atoms with E-state index in [4.69, 9.17) is 16.4 Å². The van der Waals surface area contributed by atoms with E-state index in [-0.39, 0.29) is 10.7 Å². The van der Waals surface area contributed by atoms with Crippen molar-refractivity contribution in [3.05, 3.63) is 33.1 Å². The molecule has 1 rings (SSSR count). The van der Waals surface area contributed by atoms with Crippen LogP contribution in [0.5, 0.6) is 0 Å². The van der Waals surface area contributed by atoms with Crippen LogP contribution in [0, 0.1) is 10.1 Å². The van der Waals surface area contributed by atoms with Gasteiger partial charge in [-0.3, -0.25) is 19.7 Å². The van der Waals surface area contributed by atoms with Gasteiger partial charge < -0.3 is 0 Å². The zero-order valence-electron chi connectivity index (χ0n) is 9.92. The molecule has 8 heteroatoms. The van der Waals surface area contributed by atoms with Crippen LogP contribution in [0.2, 0.25) is 5.15 Å². The van der Waals surface area contributed by atoms with Gasteiger partial charge in [-0.15, -0.1) is 0 Å².